The molecule has 25 heavy (non-hydrogen) atoms. The summed E-state index contributed by atoms with van der Waals surface area (Å²) in [6, 6.07) is 0.800. The number of rotatable bonds is 3. The minimum atomic E-state index is -4.60. The summed E-state index contributed by atoms with van der Waals surface area (Å²) in [5.41, 5.74) is -2.62. The maximum atomic E-state index is 12.7. The molecule has 0 unspecified atom stereocenters. The molecule has 1 saturated heterocycles. The second-order valence-electron chi connectivity index (χ2n) is 5.99. The average Bonchev–Trinajstić information content (AvgIpc) is 2.52. The number of hydrogen-bond donors (Lipinski definition) is 1. The molecule has 1 aliphatic rings. The Morgan fingerprint density at radius 2 is 1.76 bits per heavy atom. The Hall–Kier alpha value is -1.84. The first kappa shape index (κ1) is 19.5. The van der Waals surface area contributed by atoms with Gasteiger partial charge in [-0.25, -0.2) is 0 Å². The molecule has 1 fully saturated rings. The number of hydrogen-bond acceptors (Lipinski definition) is 3. The quantitative estimate of drug-likeness (QED) is 0.831. The summed E-state index contributed by atoms with van der Waals surface area (Å²) >= 11 is 0. The number of alkyl halides is 6. The van der Waals surface area contributed by atoms with Crippen LogP contribution < -0.4 is 0 Å². The van der Waals surface area contributed by atoms with Gasteiger partial charge in [-0.15, -0.1) is 0 Å². The molecule has 1 N–H and O–H groups in total. The van der Waals surface area contributed by atoms with Gasteiger partial charge in [0.15, 0.2) is 0 Å². The molecule has 0 aromatic carbocycles. The fourth-order valence-corrected chi connectivity index (χ4v) is 2.67. The monoisotopic (exact) mass is 370 g/mol. The van der Waals surface area contributed by atoms with E-state index in [4.69, 9.17) is 0 Å². The van der Waals surface area contributed by atoms with E-state index in [1.54, 1.807) is 0 Å². The lowest BCUT2D eigenvalue weighted by Gasteiger charge is -2.38. The van der Waals surface area contributed by atoms with Gasteiger partial charge in [-0.1, -0.05) is 0 Å². The SMILES string of the molecule is O=C(CCC(F)(F)F)N1CCC(O)(c2cncc(C(F)(F)F)c2)CC1. The Bertz CT molecular complexity index is 621. The van der Waals surface area contributed by atoms with E-state index < -0.39 is 42.3 Å². The lowest BCUT2D eigenvalue weighted by atomic mass is 9.84. The molecule has 0 spiro atoms. The third-order valence-electron chi connectivity index (χ3n) is 4.17. The van der Waals surface area contributed by atoms with Crippen molar-refractivity contribution in [2.45, 2.75) is 43.6 Å². The van der Waals surface area contributed by atoms with Crippen molar-refractivity contribution in [3.05, 3.63) is 29.6 Å². The molecular formula is C15H16F6N2O2. The maximum Gasteiger partial charge on any atom is 0.417 e. The summed E-state index contributed by atoms with van der Waals surface area (Å²) in [5, 5.41) is 10.6. The van der Waals surface area contributed by atoms with E-state index in [1.807, 2.05) is 0 Å². The van der Waals surface area contributed by atoms with E-state index in [-0.39, 0.29) is 31.5 Å². The summed E-state index contributed by atoms with van der Waals surface area (Å²) in [6.07, 6.45) is -9.35. The molecule has 1 aromatic heterocycles. The standard InChI is InChI=1S/C15H16F6N2O2/c16-14(17,18)2-1-12(24)23-5-3-13(25,4-6-23)10-7-11(9-22-8-10)15(19,20)21/h7-9,25H,1-6H2. The van der Waals surface area contributed by atoms with Gasteiger partial charge in [-0.2, -0.15) is 26.3 Å². The zero-order valence-corrected chi connectivity index (χ0v) is 13.0. The lowest BCUT2D eigenvalue weighted by Crippen LogP contribution is -2.45. The predicted molar refractivity (Wildman–Crippen MR) is 74.2 cm³/mol. The van der Waals surface area contributed by atoms with Crippen LogP contribution in [0.1, 0.15) is 36.8 Å². The Kier molecular flexibility index (Phi) is 5.31. The van der Waals surface area contributed by atoms with E-state index in [1.165, 1.54) is 4.90 Å². The van der Waals surface area contributed by atoms with Crippen molar-refractivity contribution in [3.63, 3.8) is 0 Å². The van der Waals surface area contributed by atoms with Crippen molar-refractivity contribution in [2.75, 3.05) is 13.1 Å². The van der Waals surface area contributed by atoms with E-state index in [0.29, 0.717) is 6.20 Å². The van der Waals surface area contributed by atoms with Gasteiger partial charge < -0.3 is 10.0 Å². The number of aromatic nitrogens is 1. The Morgan fingerprint density at radius 3 is 2.28 bits per heavy atom. The number of nitrogens with zero attached hydrogens (tertiary/aromatic N) is 2. The van der Waals surface area contributed by atoms with Crippen LogP contribution >= 0.6 is 0 Å². The van der Waals surface area contributed by atoms with Crippen LogP contribution in [0.15, 0.2) is 18.5 Å². The number of carbonyl (C=O) groups is 1. The summed E-state index contributed by atoms with van der Waals surface area (Å²) < 4.78 is 74.7. The van der Waals surface area contributed by atoms with Gasteiger partial charge >= 0.3 is 12.4 Å². The number of pyridine rings is 1. The van der Waals surface area contributed by atoms with Gasteiger partial charge in [0, 0.05) is 37.5 Å². The second kappa shape index (κ2) is 6.81. The molecule has 1 amide bonds. The Labute approximate surface area is 139 Å². The van der Waals surface area contributed by atoms with Crippen LogP contribution in [0.4, 0.5) is 26.3 Å². The number of carbonyl (C=O) groups excluding carboxylic acids is 1. The van der Waals surface area contributed by atoms with E-state index in [2.05, 4.69) is 4.98 Å². The molecule has 4 nitrogen and oxygen atoms in total. The van der Waals surface area contributed by atoms with Gasteiger partial charge in [0.1, 0.15) is 0 Å². The number of likely N-dealkylation sites (tertiary alicyclic amines) is 1. The molecule has 140 valence electrons. The first-order valence-electron chi connectivity index (χ1n) is 7.50. The number of aliphatic hydroxyl groups is 1. The van der Waals surface area contributed by atoms with Gasteiger partial charge in [-0.3, -0.25) is 9.78 Å². The van der Waals surface area contributed by atoms with Crippen molar-refractivity contribution in [1.82, 2.24) is 9.88 Å². The minimum absolute atomic E-state index is 0.0234. The predicted octanol–water partition coefficient (Wildman–Crippen LogP) is 3.25. The molecule has 10 heteroatoms. The highest BCUT2D eigenvalue weighted by atomic mass is 19.4. The van der Waals surface area contributed by atoms with Crippen molar-refractivity contribution < 1.29 is 36.2 Å². The first-order valence-corrected chi connectivity index (χ1v) is 7.50. The fourth-order valence-electron chi connectivity index (χ4n) is 2.67. The lowest BCUT2D eigenvalue weighted by molar-refractivity contribution is -0.151. The highest BCUT2D eigenvalue weighted by Crippen LogP contribution is 2.36. The van der Waals surface area contributed by atoms with E-state index in [9.17, 15) is 36.2 Å². The molecule has 0 saturated carbocycles. The molecule has 0 radical (unpaired) electrons. The molecule has 1 aliphatic heterocycles. The van der Waals surface area contributed by atoms with Crippen molar-refractivity contribution in [1.29, 1.82) is 0 Å². The van der Waals surface area contributed by atoms with Gasteiger partial charge in [-0.05, 0) is 18.9 Å². The molecule has 1 aromatic rings. The van der Waals surface area contributed by atoms with Crippen molar-refractivity contribution in [3.8, 4) is 0 Å². The third-order valence-corrected chi connectivity index (χ3v) is 4.17. The molecule has 2 heterocycles. The van der Waals surface area contributed by atoms with Crippen LogP contribution in [-0.2, 0) is 16.6 Å². The minimum Gasteiger partial charge on any atom is -0.385 e. The fraction of sp³-hybridized carbons (Fsp3) is 0.600. The van der Waals surface area contributed by atoms with Crippen LogP contribution in [0.2, 0.25) is 0 Å². The van der Waals surface area contributed by atoms with Crippen LogP contribution in [0.5, 0.6) is 0 Å². The zero-order valence-electron chi connectivity index (χ0n) is 13.0. The molecule has 0 atom stereocenters. The average molecular weight is 370 g/mol. The smallest absolute Gasteiger partial charge is 0.385 e. The Morgan fingerprint density at radius 1 is 1.16 bits per heavy atom. The number of amides is 1. The van der Waals surface area contributed by atoms with Gasteiger partial charge in [0.25, 0.3) is 0 Å². The molecular weight excluding hydrogens is 354 g/mol. The topological polar surface area (TPSA) is 53.4 Å². The zero-order chi connectivity index (χ0) is 18.9. The summed E-state index contributed by atoms with van der Waals surface area (Å²) in [5.74, 6) is -0.693. The third kappa shape index (κ3) is 5.07. The number of piperidine rings is 1. The van der Waals surface area contributed by atoms with E-state index in [0.717, 1.165) is 12.3 Å². The van der Waals surface area contributed by atoms with Gasteiger partial charge in [0.05, 0.1) is 17.6 Å². The first-order chi connectivity index (χ1) is 11.4. The summed E-state index contributed by atoms with van der Waals surface area (Å²) in [7, 11) is 0. The normalized spacial score (nSPS) is 18.3. The second-order valence-corrected chi connectivity index (χ2v) is 5.99. The Balaban J connectivity index is 2.02. The van der Waals surface area contributed by atoms with E-state index >= 15 is 0 Å². The van der Waals surface area contributed by atoms with Crippen molar-refractivity contribution >= 4 is 5.91 Å². The summed E-state index contributed by atoms with van der Waals surface area (Å²) in [4.78, 5) is 16.4. The van der Waals surface area contributed by atoms with Crippen LogP contribution in [0.25, 0.3) is 0 Å². The van der Waals surface area contributed by atoms with Crippen LogP contribution in [0.3, 0.4) is 0 Å². The number of halogens is 6. The highest BCUT2D eigenvalue weighted by molar-refractivity contribution is 5.76. The van der Waals surface area contributed by atoms with Crippen LogP contribution in [0, 0.1) is 0 Å². The highest BCUT2D eigenvalue weighted by Gasteiger charge is 2.39. The summed E-state index contributed by atoms with van der Waals surface area (Å²) in [6.45, 7) is -0.0765. The molecule has 0 aliphatic carbocycles. The van der Waals surface area contributed by atoms with Crippen molar-refractivity contribution in [2.24, 2.45) is 0 Å². The van der Waals surface area contributed by atoms with Crippen LogP contribution in [-0.4, -0.2) is 40.2 Å². The maximum absolute atomic E-state index is 12.7. The largest absolute Gasteiger partial charge is 0.417 e. The molecule has 0 bridgehead atoms. The van der Waals surface area contributed by atoms with Gasteiger partial charge in [0.2, 0.25) is 5.91 Å². The molecule has 2 rings (SSSR count).